The van der Waals surface area contributed by atoms with Crippen LogP contribution in [-0.2, 0) is 9.53 Å². The van der Waals surface area contributed by atoms with E-state index >= 15 is 0 Å². The van der Waals surface area contributed by atoms with Crippen LogP contribution < -0.4 is 4.74 Å². The van der Waals surface area contributed by atoms with Crippen molar-refractivity contribution >= 4 is 55.8 Å². The van der Waals surface area contributed by atoms with E-state index in [4.69, 9.17) is 13.9 Å². The molecule has 0 aliphatic carbocycles. The highest BCUT2D eigenvalue weighted by Crippen LogP contribution is 2.31. The molecule has 166 valence electrons. The number of hydrogen-bond donors (Lipinski definition) is 1. The summed E-state index contributed by atoms with van der Waals surface area (Å²) in [7, 11) is 1.38. The first-order chi connectivity index (χ1) is 16.7. The third-order valence-electron chi connectivity index (χ3n) is 6.06. The molecule has 4 aromatic carbocycles. The summed E-state index contributed by atoms with van der Waals surface area (Å²) in [6.45, 7) is 0.0880. The number of esters is 1. The van der Waals surface area contributed by atoms with E-state index in [1.165, 1.54) is 7.11 Å². The molecule has 2 aromatic heterocycles. The number of ether oxygens (including phenoxy) is 2. The zero-order valence-corrected chi connectivity index (χ0v) is 18.5. The van der Waals surface area contributed by atoms with E-state index in [2.05, 4.69) is 11.1 Å². The molecule has 2 heterocycles. The van der Waals surface area contributed by atoms with Crippen molar-refractivity contribution in [2.45, 2.75) is 0 Å². The third kappa shape index (κ3) is 3.48. The number of benzene rings is 4. The van der Waals surface area contributed by atoms with Crippen LogP contribution in [0.3, 0.4) is 0 Å². The van der Waals surface area contributed by atoms with Gasteiger partial charge in [-0.1, -0.05) is 42.5 Å². The lowest BCUT2D eigenvalue weighted by atomic mass is 10.1. The van der Waals surface area contributed by atoms with Crippen molar-refractivity contribution in [1.82, 2.24) is 4.98 Å². The number of methoxy groups -OCH3 is 1. The molecule has 0 atom stereocenters. The van der Waals surface area contributed by atoms with E-state index in [1.807, 2.05) is 78.9 Å². The highest BCUT2D eigenvalue weighted by atomic mass is 16.5. The third-order valence-corrected chi connectivity index (χ3v) is 6.06. The van der Waals surface area contributed by atoms with Crippen LogP contribution in [0.25, 0.3) is 49.8 Å². The van der Waals surface area contributed by atoms with Crippen molar-refractivity contribution in [3.63, 3.8) is 0 Å². The minimum Gasteiger partial charge on any atom is -0.489 e. The Kier molecular flexibility index (Phi) is 4.81. The van der Waals surface area contributed by atoms with Gasteiger partial charge < -0.3 is 18.9 Å². The molecule has 0 saturated carbocycles. The predicted octanol–water partition coefficient (Wildman–Crippen LogP) is 6.86. The van der Waals surface area contributed by atoms with Crippen molar-refractivity contribution in [2.75, 3.05) is 13.7 Å². The normalized spacial score (nSPS) is 12.1. The van der Waals surface area contributed by atoms with Crippen molar-refractivity contribution < 1.29 is 18.7 Å². The van der Waals surface area contributed by atoms with Gasteiger partial charge in [0.1, 0.15) is 23.5 Å². The monoisotopic (exact) mass is 447 g/mol. The molecule has 0 fully saturated rings. The van der Waals surface area contributed by atoms with Gasteiger partial charge in [0.25, 0.3) is 0 Å². The van der Waals surface area contributed by atoms with Crippen LogP contribution in [0.4, 0.5) is 0 Å². The number of rotatable bonds is 5. The van der Waals surface area contributed by atoms with Crippen LogP contribution >= 0.6 is 0 Å². The van der Waals surface area contributed by atoms with Crippen LogP contribution in [0.5, 0.6) is 5.75 Å². The maximum atomic E-state index is 12.5. The van der Waals surface area contributed by atoms with Gasteiger partial charge in [-0.25, -0.2) is 4.79 Å². The SMILES string of the molecule is COC(=O)/C(=C/c1ccc2oc3ccccc3c2c1)COc1ccc2[nH]c3ccccc3c2c1. The van der Waals surface area contributed by atoms with E-state index < -0.39 is 5.97 Å². The van der Waals surface area contributed by atoms with Gasteiger partial charge in [0.15, 0.2) is 0 Å². The molecule has 1 N–H and O–H groups in total. The van der Waals surface area contributed by atoms with Gasteiger partial charge in [0, 0.05) is 32.6 Å². The Labute approximate surface area is 195 Å². The predicted molar refractivity (Wildman–Crippen MR) is 135 cm³/mol. The van der Waals surface area contributed by atoms with Gasteiger partial charge >= 0.3 is 5.97 Å². The second kappa shape index (κ2) is 8.12. The van der Waals surface area contributed by atoms with Gasteiger partial charge in [-0.05, 0) is 54.1 Å². The van der Waals surface area contributed by atoms with E-state index in [0.29, 0.717) is 11.3 Å². The van der Waals surface area contributed by atoms with Gasteiger partial charge in [-0.2, -0.15) is 0 Å². The maximum absolute atomic E-state index is 12.5. The summed E-state index contributed by atoms with van der Waals surface area (Å²) < 4.78 is 17.0. The summed E-state index contributed by atoms with van der Waals surface area (Å²) in [5.74, 6) is 0.258. The number of aromatic amines is 1. The summed E-state index contributed by atoms with van der Waals surface area (Å²) in [5, 5.41) is 4.25. The number of furan rings is 1. The number of H-pyrrole nitrogens is 1. The molecule has 6 aromatic rings. The molecule has 0 unspecified atom stereocenters. The average molecular weight is 447 g/mol. The van der Waals surface area contributed by atoms with Crippen molar-refractivity contribution in [2.24, 2.45) is 0 Å². The molecule has 0 aliphatic rings. The first-order valence-corrected chi connectivity index (χ1v) is 11.0. The van der Waals surface area contributed by atoms with Crippen LogP contribution in [0, 0.1) is 0 Å². The topological polar surface area (TPSA) is 64.5 Å². The first-order valence-electron chi connectivity index (χ1n) is 11.0. The minimum absolute atomic E-state index is 0.0880. The second-order valence-corrected chi connectivity index (χ2v) is 8.18. The summed E-state index contributed by atoms with van der Waals surface area (Å²) in [5.41, 5.74) is 5.05. The first kappa shape index (κ1) is 20.1. The fourth-order valence-electron chi connectivity index (χ4n) is 4.40. The lowest BCUT2D eigenvalue weighted by molar-refractivity contribution is -0.136. The molecule has 6 rings (SSSR count). The fourth-order valence-corrected chi connectivity index (χ4v) is 4.40. The highest BCUT2D eigenvalue weighted by molar-refractivity contribution is 6.08. The molecule has 0 spiro atoms. The molecule has 0 saturated heterocycles. The Morgan fingerprint density at radius 2 is 1.59 bits per heavy atom. The van der Waals surface area contributed by atoms with Gasteiger partial charge in [0.2, 0.25) is 0 Å². The number of carbonyl (C=O) groups is 1. The van der Waals surface area contributed by atoms with E-state index in [0.717, 1.165) is 49.3 Å². The Bertz CT molecular complexity index is 1720. The van der Waals surface area contributed by atoms with Gasteiger partial charge in [-0.3, -0.25) is 0 Å². The fraction of sp³-hybridized carbons (Fsp3) is 0.0690. The molecule has 0 aliphatic heterocycles. The lowest BCUT2D eigenvalue weighted by Gasteiger charge is -2.09. The van der Waals surface area contributed by atoms with Crippen LogP contribution in [-0.4, -0.2) is 24.7 Å². The molecular formula is C29H21NO4. The zero-order chi connectivity index (χ0) is 23.1. The lowest BCUT2D eigenvalue weighted by Crippen LogP contribution is -2.12. The smallest absolute Gasteiger partial charge is 0.337 e. The Hall–Kier alpha value is -4.51. The second-order valence-electron chi connectivity index (χ2n) is 8.18. The quantitative estimate of drug-likeness (QED) is 0.232. The number of fused-ring (bicyclic) bond motifs is 6. The van der Waals surface area contributed by atoms with Gasteiger partial charge in [-0.15, -0.1) is 0 Å². The van der Waals surface area contributed by atoms with Crippen molar-refractivity contribution in [3.8, 4) is 5.75 Å². The van der Waals surface area contributed by atoms with E-state index in [9.17, 15) is 4.79 Å². The molecule has 0 amide bonds. The minimum atomic E-state index is -0.426. The van der Waals surface area contributed by atoms with Crippen molar-refractivity contribution in [3.05, 3.63) is 96.1 Å². The summed E-state index contributed by atoms with van der Waals surface area (Å²) in [4.78, 5) is 15.9. The van der Waals surface area contributed by atoms with E-state index in [1.54, 1.807) is 6.08 Å². The summed E-state index contributed by atoms with van der Waals surface area (Å²) >= 11 is 0. The summed E-state index contributed by atoms with van der Waals surface area (Å²) in [6.07, 6.45) is 1.80. The summed E-state index contributed by atoms with van der Waals surface area (Å²) in [6, 6.07) is 27.8. The number of para-hydroxylation sites is 2. The largest absolute Gasteiger partial charge is 0.489 e. The average Bonchev–Trinajstić information content (AvgIpc) is 3.43. The number of carbonyl (C=O) groups excluding carboxylic acids is 1. The molecule has 5 heteroatoms. The van der Waals surface area contributed by atoms with Crippen LogP contribution in [0.2, 0.25) is 0 Å². The molecule has 0 bridgehead atoms. The maximum Gasteiger partial charge on any atom is 0.337 e. The molecule has 34 heavy (non-hydrogen) atoms. The molecule has 0 radical (unpaired) electrons. The van der Waals surface area contributed by atoms with Crippen LogP contribution in [0.15, 0.2) is 94.9 Å². The number of hydrogen-bond acceptors (Lipinski definition) is 4. The Balaban J connectivity index is 1.32. The molecular weight excluding hydrogens is 426 g/mol. The standard InChI is InChI=1S/C29H21NO4/c1-32-29(31)19(14-18-10-13-28-24(15-18)22-7-3-5-9-27(22)34-28)17-33-20-11-12-26-23(16-20)21-6-2-4-8-25(21)30-26/h2-16,30H,17H2,1H3/b19-14+. The van der Waals surface area contributed by atoms with E-state index in [-0.39, 0.29) is 6.61 Å². The Morgan fingerprint density at radius 3 is 2.47 bits per heavy atom. The number of aromatic nitrogens is 1. The van der Waals surface area contributed by atoms with Crippen LogP contribution in [0.1, 0.15) is 5.56 Å². The van der Waals surface area contributed by atoms with Crippen molar-refractivity contribution in [1.29, 1.82) is 0 Å². The van der Waals surface area contributed by atoms with Gasteiger partial charge in [0.05, 0.1) is 12.7 Å². The molecule has 5 nitrogen and oxygen atoms in total. The highest BCUT2D eigenvalue weighted by Gasteiger charge is 2.13. The number of nitrogens with one attached hydrogen (secondary N) is 1. The Morgan fingerprint density at radius 1 is 0.824 bits per heavy atom. The zero-order valence-electron chi connectivity index (χ0n) is 18.5.